The SMILES string of the molecule is CS(=O)(=O)N1CC(CS(=O)(=O)N2CCC3(CC2)C(F)(F)C32CCC2)C1. The Morgan fingerprint density at radius 3 is 1.84 bits per heavy atom. The summed E-state index contributed by atoms with van der Waals surface area (Å²) in [6.07, 6.45) is 3.55. The van der Waals surface area contributed by atoms with Crippen LogP contribution in [0, 0.1) is 16.7 Å². The molecule has 0 N–H and O–H groups in total. The van der Waals surface area contributed by atoms with Crippen molar-refractivity contribution in [3.05, 3.63) is 0 Å². The van der Waals surface area contributed by atoms with Gasteiger partial charge in [-0.25, -0.2) is 34.2 Å². The first-order valence-corrected chi connectivity index (χ1v) is 12.2. The average molecular weight is 398 g/mol. The Balaban J connectivity index is 1.35. The van der Waals surface area contributed by atoms with E-state index in [4.69, 9.17) is 0 Å². The van der Waals surface area contributed by atoms with E-state index < -0.39 is 36.8 Å². The molecule has 2 spiro atoms. The van der Waals surface area contributed by atoms with Gasteiger partial charge in [0.05, 0.1) is 12.0 Å². The van der Waals surface area contributed by atoms with Crippen molar-refractivity contribution in [2.24, 2.45) is 16.7 Å². The number of fused-ring (bicyclic) bond motifs is 1. The van der Waals surface area contributed by atoms with E-state index in [-0.39, 0.29) is 50.7 Å². The fourth-order valence-corrected chi connectivity index (χ4v) is 8.02. The lowest BCUT2D eigenvalue weighted by Gasteiger charge is -2.39. The molecule has 0 aromatic carbocycles. The molecule has 4 fully saturated rings. The summed E-state index contributed by atoms with van der Waals surface area (Å²) in [6.45, 7) is 0.748. The number of alkyl halides is 2. The van der Waals surface area contributed by atoms with Crippen LogP contribution < -0.4 is 0 Å². The molecular formula is C15H24F2N2O4S2. The Hall–Kier alpha value is -0.320. The number of hydrogen-bond acceptors (Lipinski definition) is 4. The lowest BCUT2D eigenvalue weighted by Crippen LogP contribution is -2.53. The predicted molar refractivity (Wildman–Crippen MR) is 88.2 cm³/mol. The highest BCUT2D eigenvalue weighted by Crippen LogP contribution is 2.85. The maximum Gasteiger partial charge on any atom is 0.260 e. The number of hydrogen-bond donors (Lipinski definition) is 0. The molecule has 4 rings (SSSR count). The Morgan fingerprint density at radius 2 is 1.44 bits per heavy atom. The van der Waals surface area contributed by atoms with E-state index in [1.165, 1.54) is 8.61 Å². The standard InChI is InChI=1S/C15H24F2N2O4S2/c1-24(20,21)19-9-12(10-19)11-25(22,23)18-7-5-14(6-8-18)13(3-2-4-13)15(14,16)17/h12H,2-11H2,1H3. The maximum absolute atomic E-state index is 14.4. The van der Waals surface area contributed by atoms with Crippen molar-refractivity contribution in [3.8, 4) is 0 Å². The van der Waals surface area contributed by atoms with Crippen LogP contribution in [0.3, 0.4) is 0 Å². The quantitative estimate of drug-likeness (QED) is 0.711. The summed E-state index contributed by atoms with van der Waals surface area (Å²) in [5.41, 5.74) is -1.83. The van der Waals surface area contributed by atoms with Crippen LogP contribution in [0.15, 0.2) is 0 Å². The lowest BCUT2D eigenvalue weighted by atomic mass is 9.72. The molecule has 2 aliphatic heterocycles. The van der Waals surface area contributed by atoms with Crippen LogP contribution in [-0.2, 0) is 20.0 Å². The molecule has 2 heterocycles. The molecule has 4 aliphatic rings. The van der Waals surface area contributed by atoms with Gasteiger partial charge in [0.1, 0.15) is 0 Å². The van der Waals surface area contributed by atoms with E-state index in [9.17, 15) is 25.6 Å². The Morgan fingerprint density at radius 1 is 0.920 bits per heavy atom. The Bertz CT molecular complexity index is 778. The molecule has 0 unspecified atom stereocenters. The van der Waals surface area contributed by atoms with Crippen LogP contribution >= 0.6 is 0 Å². The molecule has 6 nitrogen and oxygen atoms in total. The van der Waals surface area contributed by atoms with Gasteiger partial charge in [-0.05, 0) is 25.7 Å². The molecule has 144 valence electrons. The van der Waals surface area contributed by atoms with Crippen LogP contribution in [0.4, 0.5) is 8.78 Å². The lowest BCUT2D eigenvalue weighted by molar-refractivity contribution is 0.0176. The van der Waals surface area contributed by atoms with E-state index in [0.29, 0.717) is 12.8 Å². The summed E-state index contributed by atoms with van der Waals surface area (Å²) in [4.78, 5) is 0. The molecule has 0 radical (unpaired) electrons. The fourth-order valence-electron chi connectivity index (χ4n) is 5.30. The summed E-state index contributed by atoms with van der Waals surface area (Å²) < 4.78 is 79.2. The molecule has 0 bridgehead atoms. The van der Waals surface area contributed by atoms with Crippen molar-refractivity contribution in [2.75, 3.05) is 38.2 Å². The zero-order chi connectivity index (χ0) is 18.3. The molecule has 2 saturated carbocycles. The number of piperidine rings is 1. The molecule has 10 heteroatoms. The second kappa shape index (κ2) is 5.14. The molecule has 25 heavy (non-hydrogen) atoms. The topological polar surface area (TPSA) is 74.8 Å². The van der Waals surface area contributed by atoms with Gasteiger partial charge >= 0.3 is 0 Å². The van der Waals surface area contributed by atoms with Gasteiger partial charge in [0, 0.05) is 42.9 Å². The highest BCUT2D eigenvalue weighted by Gasteiger charge is 2.91. The first-order chi connectivity index (χ1) is 11.5. The van der Waals surface area contributed by atoms with Gasteiger partial charge in [0.25, 0.3) is 5.92 Å². The van der Waals surface area contributed by atoms with E-state index in [1.54, 1.807) is 0 Å². The molecule has 2 aliphatic carbocycles. The number of sulfonamides is 2. The summed E-state index contributed by atoms with van der Waals surface area (Å²) in [5.74, 6) is -2.96. The zero-order valence-electron chi connectivity index (χ0n) is 14.2. The van der Waals surface area contributed by atoms with Crippen molar-refractivity contribution in [3.63, 3.8) is 0 Å². The van der Waals surface area contributed by atoms with Crippen LogP contribution in [0.1, 0.15) is 32.1 Å². The highest BCUT2D eigenvalue weighted by atomic mass is 32.2. The monoisotopic (exact) mass is 398 g/mol. The molecule has 0 aromatic rings. The summed E-state index contributed by atoms with van der Waals surface area (Å²) in [5, 5.41) is 0. The largest absolute Gasteiger partial charge is 0.260 e. The summed E-state index contributed by atoms with van der Waals surface area (Å²) >= 11 is 0. The van der Waals surface area contributed by atoms with Crippen molar-refractivity contribution < 1.29 is 25.6 Å². The minimum atomic E-state index is -3.53. The predicted octanol–water partition coefficient (Wildman–Crippen LogP) is 1.11. The molecule has 0 amide bonds. The second-order valence-corrected chi connectivity index (χ2v) is 12.2. The van der Waals surface area contributed by atoms with Gasteiger partial charge in [0.2, 0.25) is 20.0 Å². The van der Waals surface area contributed by atoms with Gasteiger partial charge < -0.3 is 0 Å². The van der Waals surface area contributed by atoms with Crippen LogP contribution in [0.2, 0.25) is 0 Å². The molecule has 2 saturated heterocycles. The van der Waals surface area contributed by atoms with Crippen molar-refractivity contribution in [1.82, 2.24) is 8.61 Å². The number of nitrogens with zero attached hydrogens (tertiary/aromatic N) is 2. The molecule has 0 atom stereocenters. The Labute approximate surface area is 147 Å². The third kappa shape index (κ3) is 2.29. The van der Waals surface area contributed by atoms with Crippen molar-refractivity contribution in [2.45, 2.75) is 38.0 Å². The van der Waals surface area contributed by atoms with Crippen molar-refractivity contribution >= 4 is 20.0 Å². The van der Waals surface area contributed by atoms with Crippen molar-refractivity contribution in [1.29, 1.82) is 0 Å². The van der Waals surface area contributed by atoms with E-state index in [0.717, 1.165) is 12.7 Å². The second-order valence-electron chi connectivity index (χ2n) is 8.22. The highest BCUT2D eigenvalue weighted by molar-refractivity contribution is 7.89. The molecule has 0 aromatic heterocycles. The fraction of sp³-hybridized carbons (Fsp3) is 1.00. The Kier molecular flexibility index (Phi) is 3.71. The normalized spacial score (nSPS) is 31.6. The van der Waals surface area contributed by atoms with Gasteiger partial charge in [-0.3, -0.25) is 0 Å². The third-order valence-electron chi connectivity index (χ3n) is 7.07. The van der Waals surface area contributed by atoms with Crippen LogP contribution in [0.5, 0.6) is 0 Å². The van der Waals surface area contributed by atoms with Gasteiger partial charge in [-0.15, -0.1) is 0 Å². The number of rotatable bonds is 4. The first kappa shape index (κ1) is 18.1. The summed E-state index contributed by atoms with van der Waals surface area (Å²) in [7, 11) is -6.80. The number of halogens is 2. The van der Waals surface area contributed by atoms with Crippen LogP contribution in [0.25, 0.3) is 0 Å². The smallest absolute Gasteiger partial charge is 0.213 e. The van der Waals surface area contributed by atoms with E-state index in [2.05, 4.69) is 0 Å². The minimum Gasteiger partial charge on any atom is -0.213 e. The van der Waals surface area contributed by atoms with Gasteiger partial charge in [-0.1, -0.05) is 6.42 Å². The van der Waals surface area contributed by atoms with E-state index >= 15 is 0 Å². The third-order valence-corrected chi connectivity index (χ3v) is 10.4. The summed E-state index contributed by atoms with van der Waals surface area (Å²) in [6, 6.07) is 0. The van der Waals surface area contributed by atoms with E-state index in [1.807, 2.05) is 0 Å². The minimum absolute atomic E-state index is 0.104. The average Bonchev–Trinajstić information content (AvgIpc) is 2.82. The first-order valence-electron chi connectivity index (χ1n) is 8.76. The maximum atomic E-state index is 14.4. The van der Waals surface area contributed by atoms with Crippen LogP contribution in [-0.4, -0.2) is 69.6 Å². The molecular weight excluding hydrogens is 374 g/mol. The zero-order valence-corrected chi connectivity index (χ0v) is 15.9. The van der Waals surface area contributed by atoms with Gasteiger partial charge in [-0.2, -0.15) is 0 Å². The van der Waals surface area contributed by atoms with Gasteiger partial charge in [0.15, 0.2) is 0 Å².